The molecule has 682 valence electrons. The minimum absolute atomic E-state index is 0.0805. The Morgan fingerprint density at radius 2 is 0.738 bits per heavy atom. The molecule has 7 saturated heterocycles. The Balaban J connectivity index is 0.000000269. The SMILES string of the molecule is CC(C)(C)OC(=O)/C=C/C(=O)OC1CCNC1=O.CC(C)C(=O)OCOC(=O)/C=C/C(=O)OC1CCNC1=O.Cc1oc(=O)oc1COC(=O)/C=C/C(=O)OC1CCNC1=O.O=C(/C=C/C(=O)OC1CCNC1=O)OCCCCN1CCOCC1.O=C(/C=C/C(=O)OC1CCNC1=O)OCc1ccccc1.O=C(/C=C/C(=O)OC1CCNC1=O)Oc1ccccc1. The number of hydrogen-bond acceptors (Lipinski definition) is 37. The topological polar surface area (TPSA) is 572 Å². The van der Waals surface area contributed by atoms with Gasteiger partial charge in [-0.2, -0.15) is 0 Å². The molecule has 43 nitrogen and oxygen atoms in total. The van der Waals surface area contributed by atoms with Gasteiger partial charge >= 0.3 is 83.4 Å². The second-order valence-corrected chi connectivity index (χ2v) is 28.0. The highest BCUT2D eigenvalue weighted by molar-refractivity contribution is 5.98. The number of hydrogen-bond donors (Lipinski definition) is 6. The van der Waals surface area contributed by atoms with Gasteiger partial charge in [0, 0.05) is 164 Å². The van der Waals surface area contributed by atoms with Gasteiger partial charge in [-0.05, 0) is 64.8 Å². The van der Waals surface area contributed by atoms with Crippen LogP contribution >= 0.6 is 0 Å². The van der Waals surface area contributed by atoms with Gasteiger partial charge in [-0.15, -0.1) is 0 Å². The van der Waals surface area contributed by atoms with Gasteiger partial charge in [0.25, 0.3) is 35.4 Å². The second kappa shape index (κ2) is 55.7. The maximum atomic E-state index is 11.5. The number of carbonyl (C=O) groups is 19. The average Bonchev–Trinajstić information content (AvgIpc) is 1.74. The van der Waals surface area contributed by atoms with Crippen molar-refractivity contribution in [2.75, 3.05) is 85.5 Å². The first kappa shape index (κ1) is 102. The second-order valence-electron chi connectivity index (χ2n) is 28.0. The van der Waals surface area contributed by atoms with Crippen molar-refractivity contribution in [3.8, 4) is 5.75 Å². The normalized spacial score (nSPS) is 18.7. The number of unbranched alkanes of at least 4 members (excludes halogenated alkanes) is 1. The van der Waals surface area contributed by atoms with E-state index in [9.17, 15) is 95.9 Å². The van der Waals surface area contributed by atoms with E-state index in [1.165, 1.54) is 6.92 Å². The lowest BCUT2D eigenvalue weighted by Gasteiger charge is -2.26. The lowest BCUT2D eigenvalue weighted by molar-refractivity contribution is -0.167. The summed E-state index contributed by atoms with van der Waals surface area (Å²) >= 11 is 0. The van der Waals surface area contributed by atoms with Gasteiger partial charge in [-0.25, -0.2) is 62.3 Å². The van der Waals surface area contributed by atoms with Crippen molar-refractivity contribution in [3.05, 3.63) is 161 Å². The van der Waals surface area contributed by atoms with E-state index >= 15 is 0 Å². The molecule has 10 rings (SSSR count). The first-order valence-electron chi connectivity index (χ1n) is 39.3. The molecule has 0 saturated carbocycles. The summed E-state index contributed by atoms with van der Waals surface area (Å²) in [5, 5.41) is 15.2. The first-order chi connectivity index (χ1) is 60.1. The fraction of sp³-hybridized carbons (Fsp3) is 0.446. The minimum atomic E-state index is -0.891. The minimum Gasteiger partial charge on any atom is -0.463 e. The Bertz CT molecular complexity index is 4510. The fourth-order valence-corrected chi connectivity index (χ4v) is 10.3. The molecule has 43 heteroatoms. The maximum Gasteiger partial charge on any atom is 0.519 e. The van der Waals surface area contributed by atoms with Crippen molar-refractivity contribution in [2.24, 2.45) is 5.92 Å². The van der Waals surface area contributed by atoms with Crippen LogP contribution in [-0.2, 0) is 166 Å². The van der Waals surface area contributed by atoms with E-state index in [-0.39, 0.29) is 66.1 Å². The Morgan fingerprint density at radius 3 is 1.08 bits per heavy atom. The molecule has 0 bridgehead atoms. The van der Waals surface area contributed by atoms with Gasteiger partial charge in [0.2, 0.25) is 6.79 Å². The number of esters is 13. The van der Waals surface area contributed by atoms with E-state index in [1.807, 2.05) is 30.3 Å². The number of aryl methyl sites for hydroxylation is 1. The maximum absolute atomic E-state index is 11.5. The number of nitrogens with one attached hydrogen (secondary N) is 6. The highest BCUT2D eigenvalue weighted by atomic mass is 16.7. The van der Waals surface area contributed by atoms with Crippen LogP contribution in [0.1, 0.15) is 103 Å². The summed E-state index contributed by atoms with van der Waals surface area (Å²) in [6.07, 6.45) is 10.7. The number of carbonyl (C=O) groups excluding carboxylic acids is 19. The molecule has 0 spiro atoms. The standard InChI is InChI=1S/C16H24N2O6.C15H15NO5.C14H13NO5.C13H13NO8.C13H17NO7.C12H17NO5/c19-14(3-4-15(20)24-13-5-6-17-16(13)21)23-10-2-1-7-18-8-11-22-12-9-18;17-13(20-10-11-4-2-1-3-5-11)6-7-14(18)21-12-8-9-16-15(12)19;16-12(19-10-4-2-1-3-5-10)6-7-13(17)20-11-8-9-15-14(11)18;1-7-9(22-13(18)20-7)6-19-10(15)2-3-11(16)21-8-4-5-14-12(8)17;1-8(2)13(18)20-7-19-10(15)3-4-11(16)21-9-5-6-14-12(9)17;1-12(2,3)18-10(15)5-4-9(14)17-8-6-7-13-11(8)16/h3-4,13H,1-2,5-12H2,(H,17,21);1-7,12H,8-10H2,(H,16,19);1-7,11H,8-9H2,(H,15,18);2-3,8H,4-6H2,1H3,(H,14,17);3-4,8-9H,5-7H2,1-2H3,(H,14,17);4-5,8H,6-7H2,1-3H3,(H,13,16)/b4-3+;2*7-6+;3-2+;4-3+;5-4+. The van der Waals surface area contributed by atoms with Crippen molar-refractivity contribution >= 4 is 113 Å². The van der Waals surface area contributed by atoms with E-state index in [4.69, 9.17) is 56.8 Å². The van der Waals surface area contributed by atoms with Crippen LogP contribution in [0.5, 0.6) is 5.75 Å². The van der Waals surface area contributed by atoms with Crippen LogP contribution in [-0.4, -0.2) is 246 Å². The number of amides is 6. The summed E-state index contributed by atoms with van der Waals surface area (Å²) in [6, 6.07) is 17.6. The summed E-state index contributed by atoms with van der Waals surface area (Å²) in [6.45, 7) is 16.8. The van der Waals surface area contributed by atoms with E-state index in [2.05, 4.69) is 55.1 Å². The van der Waals surface area contributed by atoms with Gasteiger partial charge < -0.3 is 107 Å². The number of rotatable bonds is 31. The van der Waals surface area contributed by atoms with Crippen LogP contribution in [0.3, 0.4) is 0 Å². The third-order valence-corrected chi connectivity index (χ3v) is 16.5. The van der Waals surface area contributed by atoms with E-state index in [0.717, 1.165) is 124 Å². The lowest BCUT2D eigenvalue weighted by Crippen LogP contribution is -2.36. The van der Waals surface area contributed by atoms with Crippen molar-refractivity contribution in [3.63, 3.8) is 0 Å². The van der Waals surface area contributed by atoms with Crippen LogP contribution in [0, 0.1) is 12.8 Å². The Kier molecular flexibility index (Phi) is 45.2. The van der Waals surface area contributed by atoms with E-state index in [1.54, 1.807) is 65.0 Å². The van der Waals surface area contributed by atoms with Crippen LogP contribution in [0.15, 0.2) is 147 Å². The molecule has 0 aliphatic carbocycles. The summed E-state index contributed by atoms with van der Waals surface area (Å²) in [4.78, 5) is 228. The van der Waals surface area contributed by atoms with Gasteiger partial charge in [-0.1, -0.05) is 62.4 Å². The van der Waals surface area contributed by atoms with E-state index < -0.39 is 132 Å². The molecule has 3 aromatic rings. The summed E-state index contributed by atoms with van der Waals surface area (Å²) in [7, 11) is 0. The summed E-state index contributed by atoms with van der Waals surface area (Å²) < 4.78 is 77.5. The monoisotopic (exact) mass is 1770 g/mol. The van der Waals surface area contributed by atoms with Gasteiger partial charge in [0.1, 0.15) is 18.0 Å². The molecule has 2 aromatic carbocycles. The molecule has 126 heavy (non-hydrogen) atoms. The van der Waals surface area contributed by atoms with Crippen LogP contribution in [0.25, 0.3) is 0 Å². The molecule has 6 unspecified atom stereocenters. The quantitative estimate of drug-likeness (QED) is 0.0127. The van der Waals surface area contributed by atoms with Crippen molar-refractivity contribution < 1.29 is 166 Å². The molecule has 6 atom stereocenters. The molecule has 6 amide bonds. The summed E-state index contributed by atoms with van der Waals surface area (Å²) in [5.41, 5.74) is 0.237. The van der Waals surface area contributed by atoms with Crippen molar-refractivity contribution in [2.45, 2.75) is 148 Å². The average molecular weight is 1770 g/mol. The van der Waals surface area contributed by atoms with Crippen molar-refractivity contribution in [1.82, 2.24) is 36.8 Å². The Morgan fingerprint density at radius 1 is 0.405 bits per heavy atom. The number of morpholine rings is 1. The molecule has 7 aliphatic rings. The fourth-order valence-electron chi connectivity index (χ4n) is 10.3. The van der Waals surface area contributed by atoms with E-state index in [0.29, 0.717) is 90.1 Å². The zero-order valence-electron chi connectivity index (χ0n) is 69.7. The largest absolute Gasteiger partial charge is 0.519 e. The summed E-state index contributed by atoms with van der Waals surface area (Å²) in [5.74, 6) is -11.9. The highest BCUT2D eigenvalue weighted by Crippen LogP contribution is 2.15. The number of para-hydroxylation sites is 1. The highest BCUT2D eigenvalue weighted by Gasteiger charge is 2.33. The molecule has 1 aromatic heterocycles. The smallest absolute Gasteiger partial charge is 0.463 e. The van der Waals surface area contributed by atoms with Gasteiger partial charge in [0.05, 0.1) is 25.7 Å². The first-order valence-corrected chi connectivity index (χ1v) is 39.3. The molecule has 7 fully saturated rings. The third-order valence-electron chi connectivity index (χ3n) is 16.5. The lowest BCUT2D eigenvalue weighted by atomic mass is 10.2. The number of nitrogens with zero attached hydrogens (tertiary/aromatic N) is 1. The van der Waals surface area contributed by atoms with Gasteiger partial charge in [-0.3, -0.25) is 38.5 Å². The van der Waals surface area contributed by atoms with Crippen LogP contribution < -0.4 is 42.5 Å². The van der Waals surface area contributed by atoms with Gasteiger partial charge in [0.15, 0.2) is 54.8 Å². The van der Waals surface area contributed by atoms with Crippen LogP contribution in [0.2, 0.25) is 0 Å². The molecule has 0 radical (unpaired) electrons. The predicted molar refractivity (Wildman–Crippen MR) is 425 cm³/mol. The zero-order chi connectivity index (χ0) is 92.4. The zero-order valence-corrected chi connectivity index (χ0v) is 69.7. The number of ether oxygens (including phenoxy) is 14. The Labute approximate surface area is 720 Å². The van der Waals surface area contributed by atoms with Crippen molar-refractivity contribution in [1.29, 1.82) is 0 Å². The molecule has 6 N–H and O–H groups in total. The number of benzene rings is 2. The molecule has 7 aliphatic heterocycles. The Hall–Kier alpha value is -14.3. The van der Waals surface area contributed by atoms with Crippen LogP contribution in [0.4, 0.5) is 0 Å². The molecular weight excluding hydrogens is 1670 g/mol. The molecule has 8 heterocycles. The predicted octanol–water partition coefficient (Wildman–Crippen LogP) is 0.490. The molecular formula is C83H99N7O36. The third kappa shape index (κ3) is 43.5.